The van der Waals surface area contributed by atoms with Gasteiger partial charge in [-0.3, -0.25) is 10.1 Å². The molecule has 2 aromatic carbocycles. The predicted octanol–water partition coefficient (Wildman–Crippen LogP) is 4.17. The van der Waals surface area contributed by atoms with Gasteiger partial charge in [0.2, 0.25) is 0 Å². The molecule has 0 N–H and O–H groups in total. The second-order valence-corrected chi connectivity index (χ2v) is 4.22. The molecule has 116 valence electrons. The zero-order valence-corrected chi connectivity index (χ0v) is 11.3. The molecule has 0 heterocycles. The number of benzene rings is 2. The first-order chi connectivity index (χ1) is 10.3. The smallest absolute Gasteiger partial charge is 0.490 e. The molecule has 0 saturated heterocycles. The summed E-state index contributed by atoms with van der Waals surface area (Å²) in [5.41, 5.74) is 0.951. The molecule has 0 amide bonds. The second-order valence-electron chi connectivity index (χ2n) is 4.22. The van der Waals surface area contributed by atoms with E-state index in [1.807, 2.05) is 0 Å². The topological polar surface area (TPSA) is 61.6 Å². The minimum Gasteiger partial charge on any atom is -0.490 e. The Morgan fingerprint density at radius 1 is 1.05 bits per heavy atom. The Morgan fingerprint density at radius 3 is 2.14 bits per heavy atom. The number of nitrogens with zero attached hydrogens (tertiary/aromatic N) is 1. The first-order valence-corrected chi connectivity index (χ1v) is 5.99. The molecule has 22 heavy (non-hydrogen) atoms. The molecule has 0 bridgehead atoms. The summed E-state index contributed by atoms with van der Waals surface area (Å²) >= 11 is 0. The van der Waals surface area contributed by atoms with E-state index in [9.17, 15) is 23.3 Å². The lowest BCUT2D eigenvalue weighted by molar-refractivity contribution is -0.385. The lowest BCUT2D eigenvalue weighted by atomic mass is 10.0. The number of halogens is 3. The first kappa shape index (κ1) is 15.6. The van der Waals surface area contributed by atoms with Gasteiger partial charge in [-0.05, 0) is 35.4 Å². The number of alkyl halides is 3. The second kappa shape index (κ2) is 5.92. The van der Waals surface area contributed by atoms with E-state index in [0.29, 0.717) is 11.1 Å². The summed E-state index contributed by atoms with van der Waals surface area (Å²) in [5.74, 6) is -0.275. The number of nitro groups is 1. The molecule has 0 aliphatic heterocycles. The zero-order chi connectivity index (χ0) is 16.3. The monoisotopic (exact) mass is 313 g/mol. The van der Waals surface area contributed by atoms with E-state index in [1.165, 1.54) is 37.4 Å². The molecule has 0 aliphatic carbocycles. The molecule has 2 rings (SSSR count). The van der Waals surface area contributed by atoms with Crippen LogP contribution in [0.1, 0.15) is 0 Å². The highest BCUT2D eigenvalue weighted by atomic mass is 19.4. The van der Waals surface area contributed by atoms with Crippen molar-refractivity contribution in [2.24, 2.45) is 0 Å². The van der Waals surface area contributed by atoms with Gasteiger partial charge in [0.05, 0.1) is 12.0 Å². The van der Waals surface area contributed by atoms with Gasteiger partial charge in [-0.2, -0.15) is 0 Å². The van der Waals surface area contributed by atoms with Crippen molar-refractivity contribution in [1.29, 1.82) is 0 Å². The van der Waals surface area contributed by atoms with Crippen LogP contribution in [0.3, 0.4) is 0 Å². The van der Waals surface area contributed by atoms with Crippen LogP contribution >= 0.6 is 0 Å². The Bertz CT molecular complexity index is 683. The number of rotatable bonds is 4. The standard InChI is InChI=1S/C14H10F3NO4/c1-21-13-8-10(4-7-12(13)18(19)20)9-2-5-11(6-3-9)22-14(15,16)17/h2-8H,1H3. The quantitative estimate of drug-likeness (QED) is 0.628. The highest BCUT2D eigenvalue weighted by Crippen LogP contribution is 2.33. The molecule has 5 nitrogen and oxygen atoms in total. The summed E-state index contributed by atoms with van der Waals surface area (Å²) in [4.78, 5) is 10.2. The van der Waals surface area contributed by atoms with E-state index in [0.717, 1.165) is 12.1 Å². The van der Waals surface area contributed by atoms with E-state index >= 15 is 0 Å². The minimum atomic E-state index is -4.75. The van der Waals surface area contributed by atoms with E-state index < -0.39 is 11.3 Å². The lowest BCUT2D eigenvalue weighted by Gasteiger charge is -2.10. The number of methoxy groups -OCH3 is 1. The number of nitro benzene ring substituents is 1. The Morgan fingerprint density at radius 2 is 1.64 bits per heavy atom. The molecule has 0 fully saturated rings. The van der Waals surface area contributed by atoms with Gasteiger partial charge in [0.15, 0.2) is 5.75 Å². The van der Waals surface area contributed by atoms with Crippen LogP contribution in [-0.4, -0.2) is 18.4 Å². The predicted molar refractivity (Wildman–Crippen MR) is 71.8 cm³/mol. The average molecular weight is 313 g/mol. The van der Waals surface area contributed by atoms with Gasteiger partial charge < -0.3 is 9.47 Å². The van der Waals surface area contributed by atoms with E-state index in [-0.39, 0.29) is 17.2 Å². The average Bonchev–Trinajstić information content (AvgIpc) is 2.45. The van der Waals surface area contributed by atoms with Crippen molar-refractivity contribution in [3.8, 4) is 22.6 Å². The van der Waals surface area contributed by atoms with Crippen LogP contribution in [-0.2, 0) is 0 Å². The molecule has 0 saturated carbocycles. The van der Waals surface area contributed by atoms with Crippen molar-refractivity contribution < 1.29 is 27.6 Å². The molecule has 0 aromatic heterocycles. The number of hydrogen-bond donors (Lipinski definition) is 0. The van der Waals surface area contributed by atoms with Crippen LogP contribution in [0.2, 0.25) is 0 Å². The van der Waals surface area contributed by atoms with Crippen LogP contribution in [0.4, 0.5) is 18.9 Å². The number of hydrogen-bond acceptors (Lipinski definition) is 4. The molecule has 0 aliphatic rings. The third-order valence-corrected chi connectivity index (χ3v) is 2.80. The summed E-state index contributed by atoms with van der Waals surface area (Å²) in [6, 6.07) is 9.36. The molecule has 0 radical (unpaired) electrons. The van der Waals surface area contributed by atoms with Gasteiger partial charge in [-0.25, -0.2) is 0 Å². The Labute approximate surface area is 123 Å². The highest BCUT2D eigenvalue weighted by molar-refractivity contribution is 5.68. The van der Waals surface area contributed by atoms with Gasteiger partial charge in [0.1, 0.15) is 5.75 Å². The summed E-state index contributed by atoms with van der Waals surface area (Å²) in [6.45, 7) is 0. The van der Waals surface area contributed by atoms with Gasteiger partial charge >= 0.3 is 12.0 Å². The van der Waals surface area contributed by atoms with Crippen molar-refractivity contribution in [3.05, 3.63) is 52.6 Å². The normalized spacial score (nSPS) is 11.1. The fourth-order valence-electron chi connectivity index (χ4n) is 1.86. The summed E-state index contributed by atoms with van der Waals surface area (Å²) in [6.07, 6.45) is -4.75. The van der Waals surface area contributed by atoms with E-state index in [4.69, 9.17) is 4.74 Å². The Kier molecular flexibility index (Phi) is 4.20. The SMILES string of the molecule is COc1cc(-c2ccc(OC(F)(F)F)cc2)ccc1[N+](=O)[O-]. The van der Waals surface area contributed by atoms with Gasteiger partial charge in [-0.15, -0.1) is 13.2 Å². The molecular weight excluding hydrogens is 303 g/mol. The van der Waals surface area contributed by atoms with Crippen molar-refractivity contribution in [2.75, 3.05) is 7.11 Å². The molecule has 8 heteroatoms. The van der Waals surface area contributed by atoms with Crippen molar-refractivity contribution in [2.45, 2.75) is 6.36 Å². The molecule has 0 unspecified atom stereocenters. The fourth-order valence-corrected chi connectivity index (χ4v) is 1.86. The summed E-state index contributed by atoms with van der Waals surface area (Å²) < 4.78 is 45.0. The maximum Gasteiger partial charge on any atom is 0.573 e. The Hall–Kier alpha value is -2.77. The molecule has 0 atom stereocenters. The molecule has 0 spiro atoms. The van der Waals surface area contributed by atoms with Gasteiger partial charge in [-0.1, -0.05) is 12.1 Å². The maximum atomic E-state index is 12.1. The van der Waals surface area contributed by atoms with Crippen molar-refractivity contribution in [3.63, 3.8) is 0 Å². The molecule has 2 aromatic rings. The fraction of sp³-hybridized carbons (Fsp3) is 0.143. The van der Waals surface area contributed by atoms with E-state index in [2.05, 4.69) is 4.74 Å². The first-order valence-electron chi connectivity index (χ1n) is 5.99. The van der Waals surface area contributed by atoms with Crippen LogP contribution in [0.5, 0.6) is 11.5 Å². The zero-order valence-electron chi connectivity index (χ0n) is 11.3. The minimum absolute atomic E-state index is 0.0677. The van der Waals surface area contributed by atoms with Crippen molar-refractivity contribution in [1.82, 2.24) is 0 Å². The third-order valence-electron chi connectivity index (χ3n) is 2.80. The van der Waals surface area contributed by atoms with Crippen LogP contribution in [0.25, 0.3) is 11.1 Å². The highest BCUT2D eigenvalue weighted by Gasteiger charge is 2.31. The number of ether oxygens (including phenoxy) is 2. The summed E-state index contributed by atoms with van der Waals surface area (Å²) in [7, 11) is 1.30. The summed E-state index contributed by atoms with van der Waals surface area (Å²) in [5, 5.41) is 10.8. The molecular formula is C14H10F3NO4. The third kappa shape index (κ3) is 3.66. The Balaban J connectivity index is 2.30. The maximum absolute atomic E-state index is 12.1. The lowest BCUT2D eigenvalue weighted by Crippen LogP contribution is -2.16. The van der Waals surface area contributed by atoms with Gasteiger partial charge in [0.25, 0.3) is 0 Å². The van der Waals surface area contributed by atoms with Crippen LogP contribution in [0, 0.1) is 10.1 Å². The van der Waals surface area contributed by atoms with Gasteiger partial charge in [0, 0.05) is 6.07 Å². The van der Waals surface area contributed by atoms with Crippen LogP contribution < -0.4 is 9.47 Å². The van der Waals surface area contributed by atoms with Crippen LogP contribution in [0.15, 0.2) is 42.5 Å². The van der Waals surface area contributed by atoms with E-state index in [1.54, 1.807) is 0 Å². The van der Waals surface area contributed by atoms with Crippen molar-refractivity contribution >= 4 is 5.69 Å². The largest absolute Gasteiger partial charge is 0.573 e.